The van der Waals surface area contributed by atoms with Crippen LogP contribution in [0.15, 0.2) is 0 Å². The minimum absolute atomic E-state index is 0.257. The van der Waals surface area contributed by atoms with Crippen LogP contribution in [-0.4, -0.2) is 22.9 Å². The molecule has 1 atom stereocenters. The van der Waals surface area contributed by atoms with Crippen LogP contribution < -0.4 is 0 Å². The second kappa shape index (κ2) is 3.20. The molecule has 0 heterocycles. The number of hydrogen-bond donors (Lipinski definition) is 1. The van der Waals surface area contributed by atoms with Crippen LogP contribution >= 0.6 is 0 Å². The highest BCUT2D eigenvalue weighted by molar-refractivity contribution is 4.36. The fraction of sp³-hybridized carbons (Fsp3) is 1.00. The molecular weight excluding hydrogens is 114 g/mol. The molecule has 0 aliphatic heterocycles. The van der Waals surface area contributed by atoms with Gasteiger partial charge in [-0.25, -0.2) is 0 Å². The molecule has 0 aromatic heterocycles. The fourth-order valence-corrected chi connectivity index (χ4v) is 0.169. The van der Waals surface area contributed by atoms with Crippen molar-refractivity contribution in [2.45, 2.75) is 13.0 Å². The maximum Gasteiger partial charge on any atom is 0.294 e. The summed E-state index contributed by atoms with van der Waals surface area (Å²) in [6.07, 6.45) is -0.777. The Morgan fingerprint density at radius 1 is 2.00 bits per heavy atom. The largest absolute Gasteiger partial charge is 0.391 e. The molecule has 1 N–H and O–H groups in total. The topological polar surface area (TPSA) is 72.6 Å². The Hall–Kier alpha value is -0.840. The fourth-order valence-electron chi connectivity index (χ4n) is 0.169. The van der Waals surface area contributed by atoms with Crippen molar-refractivity contribution in [3.63, 3.8) is 0 Å². The molecule has 0 radical (unpaired) electrons. The van der Waals surface area contributed by atoms with Crippen molar-refractivity contribution >= 4 is 0 Å². The van der Waals surface area contributed by atoms with Gasteiger partial charge in [-0.05, 0) is 6.92 Å². The first kappa shape index (κ1) is 7.16. The normalized spacial score (nSPS) is 12.8. The Labute approximate surface area is 46.0 Å². The molecule has 0 saturated heterocycles. The molecule has 0 saturated carbocycles. The van der Waals surface area contributed by atoms with Gasteiger partial charge in [-0.2, -0.15) is 0 Å². The van der Waals surface area contributed by atoms with Crippen molar-refractivity contribution in [2.75, 3.05) is 6.61 Å². The lowest BCUT2D eigenvalue weighted by Gasteiger charge is -1.98. The van der Waals surface area contributed by atoms with Crippen LogP contribution in [0.3, 0.4) is 0 Å². The molecule has 0 spiro atoms. The molecule has 0 fully saturated rings. The Bertz CT molecular complexity index is 81.4. The van der Waals surface area contributed by atoms with Gasteiger partial charge in [-0.15, -0.1) is 10.1 Å². The highest BCUT2D eigenvalue weighted by Crippen LogP contribution is 1.80. The summed E-state index contributed by atoms with van der Waals surface area (Å²) in [5.41, 5.74) is 0. The molecule has 48 valence electrons. The Morgan fingerprint density at radius 2 is 2.50 bits per heavy atom. The first-order chi connectivity index (χ1) is 3.63. The lowest BCUT2D eigenvalue weighted by molar-refractivity contribution is -0.759. The maximum absolute atomic E-state index is 9.38. The quantitative estimate of drug-likeness (QED) is 0.406. The third-order valence-corrected chi connectivity index (χ3v) is 0.421. The van der Waals surface area contributed by atoms with Crippen LogP contribution in [0.25, 0.3) is 0 Å². The molecule has 0 aliphatic carbocycles. The smallest absolute Gasteiger partial charge is 0.294 e. The van der Waals surface area contributed by atoms with Gasteiger partial charge in [0.05, 0.1) is 6.10 Å². The Kier molecular flexibility index (Phi) is 2.86. The van der Waals surface area contributed by atoms with Crippen molar-refractivity contribution in [3.05, 3.63) is 10.1 Å². The van der Waals surface area contributed by atoms with E-state index < -0.39 is 11.2 Å². The first-order valence-electron chi connectivity index (χ1n) is 2.08. The van der Waals surface area contributed by atoms with Gasteiger partial charge in [0, 0.05) is 0 Å². The molecule has 0 rings (SSSR count). The summed E-state index contributed by atoms with van der Waals surface area (Å²) < 4.78 is 0. The minimum atomic E-state index is -0.938. The molecule has 8 heavy (non-hydrogen) atoms. The van der Waals surface area contributed by atoms with Crippen LogP contribution in [0.1, 0.15) is 6.92 Å². The summed E-state index contributed by atoms with van der Waals surface area (Å²) in [7, 11) is 0. The summed E-state index contributed by atoms with van der Waals surface area (Å²) in [4.78, 5) is 13.2. The van der Waals surface area contributed by atoms with Crippen molar-refractivity contribution < 1.29 is 15.0 Å². The van der Waals surface area contributed by atoms with E-state index in [1.54, 1.807) is 0 Å². The molecule has 0 bridgehead atoms. The van der Waals surface area contributed by atoms with E-state index >= 15 is 0 Å². The van der Waals surface area contributed by atoms with E-state index in [4.69, 9.17) is 5.11 Å². The van der Waals surface area contributed by atoms with Crippen LogP contribution in [-0.2, 0) is 4.84 Å². The maximum atomic E-state index is 9.38. The molecule has 5 heteroatoms. The Morgan fingerprint density at radius 3 is 2.62 bits per heavy atom. The van der Waals surface area contributed by atoms with Crippen LogP contribution in [0, 0.1) is 10.1 Å². The molecule has 0 aliphatic rings. The second-order valence-corrected chi connectivity index (χ2v) is 1.37. The van der Waals surface area contributed by atoms with Crippen molar-refractivity contribution in [1.29, 1.82) is 0 Å². The average Bonchev–Trinajstić information content (AvgIpc) is 1.61. The first-order valence-corrected chi connectivity index (χ1v) is 2.08. The van der Waals surface area contributed by atoms with Crippen LogP contribution in [0.5, 0.6) is 0 Å². The molecular formula is C3H7NO4. The summed E-state index contributed by atoms with van der Waals surface area (Å²) >= 11 is 0. The number of aliphatic hydroxyl groups excluding tert-OH is 1. The minimum Gasteiger partial charge on any atom is -0.391 e. The molecule has 0 amide bonds. The van der Waals surface area contributed by atoms with E-state index in [-0.39, 0.29) is 6.61 Å². The monoisotopic (exact) mass is 121 g/mol. The standard InChI is InChI=1S/C3H7NO4/c1-3(5)2-8-4(6)7/h3,5H,2H2,1H3/t3-/m1/s1. The predicted molar refractivity (Wildman–Crippen MR) is 24.6 cm³/mol. The summed E-state index contributed by atoms with van der Waals surface area (Å²) in [6.45, 7) is 1.15. The van der Waals surface area contributed by atoms with E-state index in [1.165, 1.54) is 6.92 Å². The van der Waals surface area contributed by atoms with Crippen LogP contribution in [0.2, 0.25) is 0 Å². The lowest BCUT2D eigenvalue weighted by atomic mass is 10.5. The van der Waals surface area contributed by atoms with Gasteiger partial charge in [0.2, 0.25) is 0 Å². The van der Waals surface area contributed by atoms with E-state index in [0.29, 0.717) is 0 Å². The van der Waals surface area contributed by atoms with Gasteiger partial charge in [0.1, 0.15) is 6.61 Å². The summed E-state index contributed by atoms with van der Waals surface area (Å²) in [6, 6.07) is 0. The molecule has 0 aromatic carbocycles. The zero-order valence-electron chi connectivity index (χ0n) is 4.40. The Balaban J connectivity index is 3.05. The van der Waals surface area contributed by atoms with E-state index in [9.17, 15) is 10.1 Å². The summed E-state index contributed by atoms with van der Waals surface area (Å²) in [5.74, 6) is 0. The summed E-state index contributed by atoms with van der Waals surface area (Å²) in [5, 5.41) is 16.8. The molecule has 5 nitrogen and oxygen atoms in total. The highest BCUT2D eigenvalue weighted by atomic mass is 17.0. The SMILES string of the molecule is C[C@@H](O)CO[N+](=O)[O-]. The zero-order chi connectivity index (χ0) is 6.57. The van der Waals surface area contributed by atoms with Gasteiger partial charge in [0.15, 0.2) is 0 Å². The third-order valence-electron chi connectivity index (χ3n) is 0.421. The van der Waals surface area contributed by atoms with Gasteiger partial charge >= 0.3 is 0 Å². The van der Waals surface area contributed by atoms with Gasteiger partial charge < -0.3 is 9.94 Å². The van der Waals surface area contributed by atoms with E-state index in [1.807, 2.05) is 0 Å². The van der Waals surface area contributed by atoms with Gasteiger partial charge in [-0.3, -0.25) is 0 Å². The number of aliphatic hydroxyl groups is 1. The zero-order valence-corrected chi connectivity index (χ0v) is 4.40. The number of hydrogen-bond acceptors (Lipinski definition) is 4. The van der Waals surface area contributed by atoms with E-state index in [2.05, 4.69) is 4.84 Å². The molecule has 0 aromatic rings. The molecule has 0 unspecified atom stereocenters. The number of nitrogens with zero attached hydrogens (tertiary/aromatic N) is 1. The van der Waals surface area contributed by atoms with Gasteiger partial charge in [0.25, 0.3) is 5.09 Å². The van der Waals surface area contributed by atoms with Crippen molar-refractivity contribution in [1.82, 2.24) is 0 Å². The van der Waals surface area contributed by atoms with Gasteiger partial charge in [-0.1, -0.05) is 0 Å². The predicted octanol–water partition coefficient (Wildman–Crippen LogP) is -0.425. The number of rotatable bonds is 3. The van der Waals surface area contributed by atoms with Crippen molar-refractivity contribution in [2.24, 2.45) is 0 Å². The highest BCUT2D eigenvalue weighted by Gasteiger charge is 1.97. The van der Waals surface area contributed by atoms with E-state index in [0.717, 1.165) is 0 Å². The third kappa shape index (κ3) is 5.16. The second-order valence-electron chi connectivity index (χ2n) is 1.37. The van der Waals surface area contributed by atoms with Crippen LogP contribution in [0.4, 0.5) is 0 Å². The van der Waals surface area contributed by atoms with Crippen molar-refractivity contribution in [3.8, 4) is 0 Å². The lowest BCUT2D eigenvalue weighted by Crippen LogP contribution is -2.13. The average molecular weight is 121 g/mol.